The zero-order valence-electron chi connectivity index (χ0n) is 19.3. The minimum Gasteiger partial charge on any atom is -0.490 e. The van der Waals surface area contributed by atoms with Crippen LogP contribution in [0.15, 0.2) is 65.3 Å². The number of hydrogen-bond donors (Lipinski definition) is 0. The van der Waals surface area contributed by atoms with Gasteiger partial charge in [-0.15, -0.1) is 0 Å². The highest BCUT2D eigenvalue weighted by molar-refractivity contribution is 14.1. The summed E-state index contributed by atoms with van der Waals surface area (Å²) in [4.78, 5) is 27.6. The Morgan fingerprint density at radius 2 is 1.86 bits per heavy atom. The van der Waals surface area contributed by atoms with Gasteiger partial charge in [-0.3, -0.25) is 10.1 Å². The van der Waals surface area contributed by atoms with E-state index in [9.17, 15) is 14.9 Å². The van der Waals surface area contributed by atoms with Crippen LogP contribution in [-0.4, -0.2) is 23.4 Å². The van der Waals surface area contributed by atoms with Crippen LogP contribution in [0.5, 0.6) is 11.5 Å². The molecule has 0 fully saturated rings. The van der Waals surface area contributed by atoms with Gasteiger partial charge in [0.25, 0.3) is 5.69 Å². The van der Waals surface area contributed by atoms with Crippen molar-refractivity contribution in [2.24, 2.45) is 4.99 Å². The van der Waals surface area contributed by atoms with E-state index in [2.05, 4.69) is 50.2 Å². The molecule has 0 aliphatic carbocycles. The minimum absolute atomic E-state index is 0.0321. The van der Waals surface area contributed by atoms with Gasteiger partial charge in [0.05, 0.1) is 15.1 Å². The van der Waals surface area contributed by atoms with Crippen molar-refractivity contribution in [3.63, 3.8) is 0 Å². The Balaban J connectivity index is 1.63. The van der Waals surface area contributed by atoms with Crippen LogP contribution >= 0.6 is 45.2 Å². The summed E-state index contributed by atoms with van der Waals surface area (Å²) in [6.45, 7) is 4.30. The van der Waals surface area contributed by atoms with Crippen LogP contribution in [0.4, 0.5) is 5.69 Å². The highest BCUT2D eigenvalue weighted by Gasteiger charge is 2.27. The van der Waals surface area contributed by atoms with Crippen LogP contribution in [0, 0.1) is 24.2 Å². The average molecular weight is 710 g/mol. The fourth-order valence-corrected chi connectivity index (χ4v) is 4.69. The average Bonchev–Trinajstić information content (AvgIpc) is 3.19. The van der Waals surface area contributed by atoms with Crippen molar-refractivity contribution < 1.29 is 23.9 Å². The zero-order valence-corrected chi connectivity index (χ0v) is 23.6. The maximum absolute atomic E-state index is 12.5. The van der Waals surface area contributed by atoms with Gasteiger partial charge in [-0.05, 0) is 107 Å². The van der Waals surface area contributed by atoms with Crippen LogP contribution in [-0.2, 0) is 16.1 Å². The van der Waals surface area contributed by atoms with Crippen LogP contribution in [0.25, 0.3) is 6.08 Å². The first-order chi connectivity index (χ1) is 17.3. The predicted octanol–water partition coefficient (Wildman–Crippen LogP) is 6.43. The van der Waals surface area contributed by atoms with Crippen molar-refractivity contribution in [3.8, 4) is 11.5 Å². The van der Waals surface area contributed by atoms with Crippen LogP contribution in [0.3, 0.4) is 0 Å². The predicted molar refractivity (Wildman–Crippen MR) is 152 cm³/mol. The van der Waals surface area contributed by atoms with Crippen molar-refractivity contribution in [1.82, 2.24) is 0 Å². The molecular formula is C26H20I2N2O6. The second-order valence-corrected chi connectivity index (χ2v) is 10.1. The minimum atomic E-state index is -0.636. The van der Waals surface area contributed by atoms with Crippen molar-refractivity contribution in [2.75, 3.05) is 6.61 Å². The number of benzene rings is 3. The number of aliphatic imine (C=N–C) groups is 1. The lowest BCUT2D eigenvalue weighted by atomic mass is 10.1. The molecule has 0 aromatic heterocycles. The number of hydrogen-bond acceptors (Lipinski definition) is 7. The smallest absolute Gasteiger partial charge is 0.363 e. The summed E-state index contributed by atoms with van der Waals surface area (Å²) in [7, 11) is 0. The summed E-state index contributed by atoms with van der Waals surface area (Å²) in [5.74, 6) is 0.558. The molecule has 0 atom stereocenters. The standard InChI is InChI=1S/C26H20I2N2O6/c1-3-34-23-13-17(11-20(28)24(23)35-14-16-7-9-18(27)10-8-16)12-21-26(31)36-25(29-21)19-5-4-6-22(15(19)2)30(32)33/h4-13H,3,14H2,1-2H3/b21-12-. The van der Waals surface area contributed by atoms with E-state index < -0.39 is 10.9 Å². The Morgan fingerprint density at radius 3 is 2.56 bits per heavy atom. The molecule has 36 heavy (non-hydrogen) atoms. The third-order valence-corrected chi connectivity index (χ3v) is 6.80. The Bertz CT molecular complexity index is 1400. The third-order valence-electron chi connectivity index (χ3n) is 5.28. The number of cyclic esters (lactones) is 1. The zero-order chi connectivity index (χ0) is 25.8. The highest BCUT2D eigenvalue weighted by Crippen LogP contribution is 2.36. The van der Waals surface area contributed by atoms with Gasteiger partial charge in [0, 0.05) is 20.8 Å². The number of carbonyl (C=O) groups excluding carboxylic acids is 1. The first-order valence-electron chi connectivity index (χ1n) is 10.9. The van der Waals surface area contributed by atoms with E-state index in [4.69, 9.17) is 14.2 Å². The van der Waals surface area contributed by atoms with Crippen molar-refractivity contribution in [3.05, 3.63) is 99.8 Å². The SMILES string of the molecule is CCOc1cc(/C=C2\N=C(c3cccc([N+](=O)[O-])c3C)OC2=O)cc(I)c1OCc1ccc(I)cc1. The molecule has 1 aliphatic heterocycles. The second-order valence-electron chi connectivity index (χ2n) is 7.72. The first-order valence-corrected chi connectivity index (χ1v) is 13.0. The molecule has 0 amide bonds. The maximum atomic E-state index is 12.5. The van der Waals surface area contributed by atoms with E-state index in [0.717, 1.165) is 12.7 Å². The fourth-order valence-electron chi connectivity index (χ4n) is 3.55. The maximum Gasteiger partial charge on any atom is 0.363 e. The van der Waals surface area contributed by atoms with Crippen molar-refractivity contribution in [1.29, 1.82) is 0 Å². The topological polar surface area (TPSA) is 100 Å². The lowest BCUT2D eigenvalue weighted by Crippen LogP contribution is -2.08. The van der Waals surface area contributed by atoms with Gasteiger partial charge >= 0.3 is 5.97 Å². The van der Waals surface area contributed by atoms with Gasteiger partial charge in [0.2, 0.25) is 5.90 Å². The summed E-state index contributed by atoms with van der Waals surface area (Å²) in [5, 5.41) is 11.3. The van der Waals surface area contributed by atoms with Gasteiger partial charge in [0.15, 0.2) is 17.2 Å². The number of halogens is 2. The second kappa shape index (κ2) is 11.4. The van der Waals surface area contributed by atoms with Crippen LogP contribution in [0.1, 0.15) is 29.2 Å². The van der Waals surface area contributed by atoms with E-state index in [0.29, 0.717) is 41.4 Å². The quantitative estimate of drug-likeness (QED) is 0.0879. The molecule has 184 valence electrons. The molecule has 3 aromatic carbocycles. The number of rotatable bonds is 8. The number of carbonyl (C=O) groups is 1. The van der Waals surface area contributed by atoms with E-state index >= 15 is 0 Å². The highest BCUT2D eigenvalue weighted by atomic mass is 127. The number of nitro groups is 1. The number of esters is 1. The molecule has 0 N–H and O–H groups in total. The van der Waals surface area contributed by atoms with Crippen molar-refractivity contribution in [2.45, 2.75) is 20.5 Å². The molecule has 1 aliphatic rings. The Kier molecular flexibility index (Phi) is 8.24. The largest absolute Gasteiger partial charge is 0.490 e. The molecular weight excluding hydrogens is 690 g/mol. The lowest BCUT2D eigenvalue weighted by Gasteiger charge is -2.15. The van der Waals surface area contributed by atoms with Crippen LogP contribution in [0.2, 0.25) is 0 Å². The van der Waals surface area contributed by atoms with E-state index in [1.54, 1.807) is 25.1 Å². The Labute approximate surface area is 234 Å². The molecule has 0 unspecified atom stereocenters. The van der Waals surface area contributed by atoms with E-state index in [-0.39, 0.29) is 17.3 Å². The fraction of sp³-hybridized carbons (Fsp3) is 0.154. The molecule has 4 rings (SSSR count). The Morgan fingerprint density at radius 1 is 1.11 bits per heavy atom. The van der Waals surface area contributed by atoms with Gasteiger partial charge in [-0.1, -0.05) is 18.2 Å². The normalized spacial score (nSPS) is 13.9. The summed E-state index contributed by atoms with van der Waals surface area (Å²) >= 11 is 4.42. The molecule has 0 saturated heterocycles. The molecule has 10 heteroatoms. The van der Waals surface area contributed by atoms with E-state index in [1.807, 2.05) is 37.3 Å². The number of ether oxygens (including phenoxy) is 3. The summed E-state index contributed by atoms with van der Waals surface area (Å²) in [5.41, 5.74) is 2.49. The van der Waals surface area contributed by atoms with Crippen LogP contribution < -0.4 is 9.47 Å². The monoisotopic (exact) mass is 710 g/mol. The summed E-state index contributed by atoms with van der Waals surface area (Å²) in [6, 6.07) is 16.3. The van der Waals surface area contributed by atoms with Crippen molar-refractivity contribution >= 4 is 68.8 Å². The van der Waals surface area contributed by atoms with Gasteiger partial charge < -0.3 is 14.2 Å². The number of nitrogens with zero attached hydrogens (tertiary/aromatic N) is 2. The van der Waals surface area contributed by atoms with E-state index in [1.165, 1.54) is 12.1 Å². The van der Waals surface area contributed by atoms with Gasteiger partial charge in [0.1, 0.15) is 6.61 Å². The molecule has 0 radical (unpaired) electrons. The Hall–Kier alpha value is -3.00. The molecule has 0 saturated carbocycles. The molecule has 8 nitrogen and oxygen atoms in total. The van der Waals surface area contributed by atoms with Gasteiger partial charge in [-0.25, -0.2) is 9.79 Å². The number of nitro benzene ring substituents is 1. The summed E-state index contributed by atoms with van der Waals surface area (Å²) < 4.78 is 19.2. The third kappa shape index (κ3) is 5.86. The molecule has 0 spiro atoms. The van der Waals surface area contributed by atoms with Gasteiger partial charge in [-0.2, -0.15) is 0 Å². The molecule has 1 heterocycles. The molecule has 0 bridgehead atoms. The lowest BCUT2D eigenvalue weighted by molar-refractivity contribution is -0.385. The molecule has 3 aromatic rings. The first kappa shape index (κ1) is 26.1. The summed E-state index contributed by atoms with van der Waals surface area (Å²) in [6.07, 6.45) is 1.59.